The van der Waals surface area contributed by atoms with Gasteiger partial charge in [0.15, 0.2) is 0 Å². The topological polar surface area (TPSA) is 9.23 Å². The van der Waals surface area contributed by atoms with Gasteiger partial charge >= 0.3 is 12.1 Å². The van der Waals surface area contributed by atoms with Crippen molar-refractivity contribution >= 4 is 0 Å². The summed E-state index contributed by atoms with van der Waals surface area (Å²) in [6, 6.07) is -1.77. The number of hydrogen-bond acceptors (Lipinski definition) is 1. The Morgan fingerprint density at radius 3 is 2.22 bits per heavy atom. The molecule has 0 aromatic rings. The van der Waals surface area contributed by atoms with Crippen molar-refractivity contribution in [3.05, 3.63) is 12.1 Å². The first-order valence-electron chi connectivity index (χ1n) is 2.52. The van der Waals surface area contributed by atoms with Gasteiger partial charge < -0.3 is 4.74 Å². The molecule has 0 N–H and O–H groups in total. The van der Waals surface area contributed by atoms with Crippen LogP contribution >= 0.6 is 0 Å². The minimum absolute atomic E-state index is 0.0107. The lowest BCUT2D eigenvalue weighted by Gasteiger charge is -1.96. The molecule has 0 heterocycles. The number of hydrogen-bond donors (Lipinski definition) is 0. The van der Waals surface area contributed by atoms with Crippen LogP contribution in [0.1, 0.15) is 13.3 Å². The van der Waals surface area contributed by atoms with Crippen molar-refractivity contribution in [1.82, 2.24) is 0 Å². The fraction of sp³-hybridized carbons (Fsp3) is 0.600. The van der Waals surface area contributed by atoms with E-state index in [0.29, 0.717) is 6.42 Å². The van der Waals surface area contributed by atoms with Gasteiger partial charge in [0.25, 0.3) is 0 Å². The van der Waals surface area contributed by atoms with E-state index in [1.807, 2.05) is 0 Å². The van der Waals surface area contributed by atoms with Crippen molar-refractivity contribution in [2.45, 2.75) is 13.3 Å². The lowest BCUT2D eigenvalue weighted by Crippen LogP contribution is -1.88. The maximum atomic E-state index is 11.6. The molecule has 0 amide bonds. The molecule has 0 rings (SSSR count). The van der Waals surface area contributed by atoms with Crippen LogP contribution in [0.4, 0.5) is 13.2 Å². The third-order valence-corrected chi connectivity index (χ3v) is 0.581. The van der Waals surface area contributed by atoms with Crippen LogP contribution in [-0.4, -0.2) is 6.61 Å². The summed E-state index contributed by atoms with van der Waals surface area (Å²) in [5, 5.41) is 0. The molecular weight excluding hydrogens is 133 g/mol. The molecule has 0 saturated heterocycles. The molecule has 0 aliphatic carbocycles. The van der Waals surface area contributed by atoms with Crippen LogP contribution in [0.2, 0.25) is 0 Å². The van der Waals surface area contributed by atoms with Crippen LogP contribution in [0.15, 0.2) is 12.1 Å². The molecule has 0 radical (unpaired) electrons. The smallest absolute Gasteiger partial charge is 0.342 e. The molecule has 0 aromatic heterocycles. The van der Waals surface area contributed by atoms with Crippen LogP contribution < -0.4 is 0 Å². The Hall–Kier alpha value is -0.670. The zero-order chi connectivity index (χ0) is 7.28. The van der Waals surface area contributed by atoms with Crippen LogP contribution in [-0.2, 0) is 4.74 Å². The van der Waals surface area contributed by atoms with E-state index in [9.17, 15) is 13.2 Å². The maximum absolute atomic E-state index is 11.6. The zero-order valence-corrected chi connectivity index (χ0v) is 4.96. The second-order valence-corrected chi connectivity index (χ2v) is 1.38. The van der Waals surface area contributed by atoms with Crippen molar-refractivity contribution < 1.29 is 17.9 Å². The molecule has 0 spiro atoms. The maximum Gasteiger partial charge on any atom is 0.342 e. The molecule has 0 aliphatic rings. The molecule has 9 heavy (non-hydrogen) atoms. The lowest BCUT2D eigenvalue weighted by atomic mass is 10.5. The van der Waals surface area contributed by atoms with E-state index in [1.54, 1.807) is 6.92 Å². The fourth-order valence-corrected chi connectivity index (χ4v) is 0.246. The standard InChI is InChI=1S/C5H7F3O/c1-2-3-9-5(8)4(6)7/h2-3H2,1H3. The van der Waals surface area contributed by atoms with E-state index in [4.69, 9.17) is 0 Å². The Morgan fingerprint density at radius 2 is 1.89 bits per heavy atom. The lowest BCUT2D eigenvalue weighted by molar-refractivity contribution is 0.120. The summed E-state index contributed by atoms with van der Waals surface area (Å²) in [4.78, 5) is 0. The largest absolute Gasteiger partial charge is 0.467 e. The van der Waals surface area contributed by atoms with Gasteiger partial charge in [-0.05, 0) is 6.42 Å². The summed E-state index contributed by atoms with van der Waals surface area (Å²) in [6.45, 7) is 1.69. The highest BCUT2D eigenvalue weighted by molar-refractivity contribution is 4.79. The molecular formula is C5H7F3O. The molecule has 0 aromatic carbocycles. The van der Waals surface area contributed by atoms with Gasteiger partial charge in [-0.2, -0.15) is 13.2 Å². The van der Waals surface area contributed by atoms with Crippen molar-refractivity contribution in [1.29, 1.82) is 0 Å². The van der Waals surface area contributed by atoms with E-state index in [0.717, 1.165) is 0 Å². The van der Waals surface area contributed by atoms with E-state index >= 15 is 0 Å². The predicted octanol–water partition coefficient (Wildman–Crippen LogP) is 2.45. The van der Waals surface area contributed by atoms with E-state index in [2.05, 4.69) is 4.74 Å². The average Bonchev–Trinajstić information content (AvgIpc) is 1.82. The van der Waals surface area contributed by atoms with E-state index in [1.165, 1.54) is 0 Å². The second kappa shape index (κ2) is 4.23. The normalized spacial score (nSPS) is 8.89. The third-order valence-electron chi connectivity index (χ3n) is 0.581. The highest BCUT2D eigenvalue weighted by atomic mass is 19.3. The Labute approximate surface area is 51.1 Å². The van der Waals surface area contributed by atoms with Crippen LogP contribution in [0, 0.1) is 0 Å². The van der Waals surface area contributed by atoms with Gasteiger partial charge in [-0.15, -0.1) is 0 Å². The van der Waals surface area contributed by atoms with Gasteiger partial charge in [-0.3, -0.25) is 0 Å². The minimum atomic E-state index is -2.40. The molecule has 4 heteroatoms. The molecule has 0 bridgehead atoms. The number of ether oxygens (including phenoxy) is 1. The van der Waals surface area contributed by atoms with Gasteiger partial charge in [0.1, 0.15) is 0 Å². The van der Waals surface area contributed by atoms with Crippen LogP contribution in [0.5, 0.6) is 0 Å². The Balaban J connectivity index is 3.50. The van der Waals surface area contributed by atoms with Crippen LogP contribution in [0.25, 0.3) is 0 Å². The molecule has 1 nitrogen and oxygen atoms in total. The predicted molar refractivity (Wildman–Crippen MR) is 26.6 cm³/mol. The molecule has 0 saturated carbocycles. The number of halogens is 3. The average molecular weight is 140 g/mol. The summed E-state index contributed by atoms with van der Waals surface area (Å²) >= 11 is 0. The molecule has 0 aliphatic heterocycles. The van der Waals surface area contributed by atoms with Crippen molar-refractivity contribution in [3.8, 4) is 0 Å². The SMILES string of the molecule is CCCOC(F)=C(F)F. The van der Waals surface area contributed by atoms with Gasteiger partial charge in [-0.25, -0.2) is 0 Å². The summed E-state index contributed by atoms with van der Waals surface area (Å²) in [5.41, 5.74) is 0. The van der Waals surface area contributed by atoms with Gasteiger partial charge in [0, 0.05) is 0 Å². The van der Waals surface area contributed by atoms with E-state index < -0.39 is 12.1 Å². The molecule has 0 fully saturated rings. The van der Waals surface area contributed by atoms with Gasteiger partial charge in [0.05, 0.1) is 6.61 Å². The Bertz CT molecular complexity index is 107. The first-order chi connectivity index (χ1) is 4.18. The first kappa shape index (κ1) is 8.33. The second-order valence-electron chi connectivity index (χ2n) is 1.38. The minimum Gasteiger partial charge on any atom is -0.467 e. The van der Waals surface area contributed by atoms with Gasteiger partial charge in [-0.1, -0.05) is 6.92 Å². The number of rotatable bonds is 3. The molecule has 54 valence electrons. The Morgan fingerprint density at radius 1 is 1.33 bits per heavy atom. The summed E-state index contributed by atoms with van der Waals surface area (Å²) < 4.78 is 37.8. The monoisotopic (exact) mass is 140 g/mol. The first-order valence-corrected chi connectivity index (χ1v) is 2.52. The van der Waals surface area contributed by atoms with Gasteiger partial charge in [0.2, 0.25) is 0 Å². The van der Waals surface area contributed by atoms with Crippen molar-refractivity contribution in [2.24, 2.45) is 0 Å². The zero-order valence-electron chi connectivity index (χ0n) is 4.96. The molecule has 0 atom stereocenters. The molecule has 0 unspecified atom stereocenters. The van der Waals surface area contributed by atoms with Crippen LogP contribution in [0.3, 0.4) is 0 Å². The fourth-order valence-electron chi connectivity index (χ4n) is 0.246. The summed E-state index contributed by atoms with van der Waals surface area (Å²) in [7, 11) is 0. The van der Waals surface area contributed by atoms with Crippen molar-refractivity contribution in [3.63, 3.8) is 0 Å². The third kappa shape index (κ3) is 3.88. The summed E-state index contributed by atoms with van der Waals surface area (Å²) in [6.07, 6.45) is -1.88. The van der Waals surface area contributed by atoms with E-state index in [-0.39, 0.29) is 6.61 Å². The highest BCUT2D eigenvalue weighted by Gasteiger charge is 2.03. The quantitative estimate of drug-likeness (QED) is 0.547. The summed E-state index contributed by atoms with van der Waals surface area (Å²) in [5.74, 6) is 0. The Kier molecular flexibility index (Phi) is 3.92. The highest BCUT2D eigenvalue weighted by Crippen LogP contribution is 2.09. The van der Waals surface area contributed by atoms with Crippen molar-refractivity contribution in [2.75, 3.05) is 6.61 Å².